The summed E-state index contributed by atoms with van der Waals surface area (Å²) in [6, 6.07) is 17.6. The Morgan fingerprint density at radius 2 is 1.50 bits per heavy atom. The van der Waals surface area contributed by atoms with Crippen LogP contribution in [0.2, 0.25) is 0 Å². The van der Waals surface area contributed by atoms with Crippen molar-refractivity contribution in [1.29, 1.82) is 0 Å². The molecule has 0 spiro atoms. The number of hydrogen-bond donors (Lipinski definition) is 2. The summed E-state index contributed by atoms with van der Waals surface area (Å²) >= 11 is 0. The van der Waals surface area contributed by atoms with Crippen LogP contribution in [0.5, 0.6) is 0 Å². The van der Waals surface area contributed by atoms with Gasteiger partial charge in [0.15, 0.2) is 0 Å². The maximum absolute atomic E-state index is 13.3. The Kier molecular flexibility index (Phi) is 7.43. The molecule has 2 N–H and O–H groups in total. The number of rotatable bonds is 8. The Morgan fingerprint density at radius 3 is 2.09 bits per heavy atom. The summed E-state index contributed by atoms with van der Waals surface area (Å²) in [7, 11) is -3.95. The standard InChI is InChI=1S/C25H27FN2O3S/c1-17-13-18(2)24(19(3)14-17)32(30,31)28-23(15-20-7-5-4-6-8-20)25(29)27-16-21-9-11-22(26)12-10-21/h4-14,23,28H,15-16H2,1-3H3,(H,27,29)/t23-/m0/s1. The zero-order chi connectivity index (χ0) is 23.3. The molecule has 0 aliphatic carbocycles. The van der Waals surface area contributed by atoms with E-state index in [4.69, 9.17) is 0 Å². The van der Waals surface area contributed by atoms with Crippen LogP contribution < -0.4 is 10.0 Å². The lowest BCUT2D eigenvalue weighted by molar-refractivity contribution is -0.122. The van der Waals surface area contributed by atoms with Gasteiger partial charge in [-0.25, -0.2) is 12.8 Å². The average Bonchev–Trinajstić information content (AvgIpc) is 2.72. The van der Waals surface area contributed by atoms with Crippen molar-refractivity contribution >= 4 is 15.9 Å². The van der Waals surface area contributed by atoms with Crippen molar-refractivity contribution in [2.75, 3.05) is 0 Å². The Morgan fingerprint density at radius 1 is 0.906 bits per heavy atom. The number of carbonyl (C=O) groups excluding carboxylic acids is 1. The molecule has 1 atom stereocenters. The summed E-state index contributed by atoms with van der Waals surface area (Å²) in [6.07, 6.45) is 0.194. The van der Waals surface area contributed by atoms with E-state index in [0.29, 0.717) is 16.7 Å². The minimum absolute atomic E-state index is 0.161. The molecule has 0 saturated heterocycles. The third kappa shape index (κ3) is 6.02. The van der Waals surface area contributed by atoms with Crippen LogP contribution in [-0.4, -0.2) is 20.4 Å². The maximum Gasteiger partial charge on any atom is 0.241 e. The maximum atomic E-state index is 13.3. The van der Waals surface area contributed by atoms with Gasteiger partial charge in [0.25, 0.3) is 0 Å². The zero-order valence-corrected chi connectivity index (χ0v) is 19.2. The van der Waals surface area contributed by atoms with Crippen LogP contribution in [0.3, 0.4) is 0 Å². The van der Waals surface area contributed by atoms with Gasteiger partial charge in [-0.15, -0.1) is 0 Å². The summed E-state index contributed by atoms with van der Waals surface area (Å²) in [6.45, 7) is 5.56. The summed E-state index contributed by atoms with van der Waals surface area (Å²) in [5, 5.41) is 2.76. The predicted molar refractivity (Wildman–Crippen MR) is 123 cm³/mol. The first-order valence-corrected chi connectivity index (χ1v) is 11.8. The predicted octanol–water partition coefficient (Wildman–Crippen LogP) is 3.96. The van der Waals surface area contributed by atoms with Crippen molar-refractivity contribution in [3.63, 3.8) is 0 Å². The molecule has 0 aliphatic rings. The van der Waals surface area contributed by atoms with Gasteiger partial charge < -0.3 is 5.32 Å². The molecule has 168 valence electrons. The largest absolute Gasteiger partial charge is 0.351 e. The molecule has 3 aromatic rings. The van der Waals surface area contributed by atoms with E-state index in [2.05, 4.69) is 10.0 Å². The van der Waals surface area contributed by atoms with Crippen LogP contribution in [0.4, 0.5) is 4.39 Å². The number of sulfonamides is 1. The van der Waals surface area contributed by atoms with Crippen LogP contribution in [0.25, 0.3) is 0 Å². The summed E-state index contributed by atoms with van der Waals surface area (Å²) in [5.41, 5.74) is 3.76. The number of hydrogen-bond acceptors (Lipinski definition) is 3. The molecule has 0 radical (unpaired) electrons. The summed E-state index contributed by atoms with van der Waals surface area (Å²) in [4.78, 5) is 13.2. The molecule has 0 aromatic heterocycles. The molecule has 0 unspecified atom stereocenters. The number of amides is 1. The minimum Gasteiger partial charge on any atom is -0.351 e. The molecule has 0 fully saturated rings. The molecule has 7 heteroatoms. The Balaban J connectivity index is 1.85. The smallest absolute Gasteiger partial charge is 0.241 e. The molecular formula is C25H27FN2O3S. The fourth-order valence-electron chi connectivity index (χ4n) is 3.79. The van der Waals surface area contributed by atoms with Crippen LogP contribution in [-0.2, 0) is 27.8 Å². The van der Waals surface area contributed by atoms with E-state index in [1.807, 2.05) is 49.4 Å². The Hall–Kier alpha value is -3.03. The first-order valence-electron chi connectivity index (χ1n) is 10.3. The fraction of sp³-hybridized carbons (Fsp3) is 0.240. The van der Waals surface area contributed by atoms with E-state index < -0.39 is 22.0 Å². The van der Waals surface area contributed by atoms with E-state index in [0.717, 1.165) is 11.1 Å². The van der Waals surface area contributed by atoms with Crippen LogP contribution in [0, 0.1) is 26.6 Å². The van der Waals surface area contributed by atoms with Gasteiger partial charge in [-0.05, 0) is 61.6 Å². The van der Waals surface area contributed by atoms with E-state index in [9.17, 15) is 17.6 Å². The molecule has 0 heterocycles. The van der Waals surface area contributed by atoms with Gasteiger partial charge in [-0.3, -0.25) is 4.79 Å². The molecule has 0 bridgehead atoms. The monoisotopic (exact) mass is 454 g/mol. The van der Waals surface area contributed by atoms with Crippen molar-refractivity contribution in [2.24, 2.45) is 0 Å². The molecule has 5 nitrogen and oxygen atoms in total. The fourth-order valence-corrected chi connectivity index (χ4v) is 5.44. The second-order valence-electron chi connectivity index (χ2n) is 7.94. The van der Waals surface area contributed by atoms with Crippen molar-refractivity contribution in [3.8, 4) is 0 Å². The van der Waals surface area contributed by atoms with E-state index in [1.165, 1.54) is 12.1 Å². The molecule has 0 aliphatic heterocycles. The topological polar surface area (TPSA) is 75.3 Å². The number of aryl methyl sites for hydroxylation is 3. The van der Waals surface area contributed by atoms with Gasteiger partial charge in [0.1, 0.15) is 11.9 Å². The number of benzene rings is 3. The lowest BCUT2D eigenvalue weighted by Crippen LogP contribution is -2.48. The molecule has 3 rings (SSSR count). The van der Waals surface area contributed by atoms with Gasteiger partial charge in [0.05, 0.1) is 4.90 Å². The third-order valence-corrected chi connectivity index (χ3v) is 6.93. The van der Waals surface area contributed by atoms with Crippen LogP contribution >= 0.6 is 0 Å². The van der Waals surface area contributed by atoms with Crippen LogP contribution in [0.1, 0.15) is 27.8 Å². The van der Waals surface area contributed by atoms with E-state index in [-0.39, 0.29) is 23.7 Å². The highest BCUT2D eigenvalue weighted by Crippen LogP contribution is 2.22. The summed E-state index contributed by atoms with van der Waals surface area (Å²) in [5.74, 6) is -0.817. The summed E-state index contributed by atoms with van der Waals surface area (Å²) < 4.78 is 42.3. The van der Waals surface area contributed by atoms with Gasteiger partial charge >= 0.3 is 0 Å². The molecule has 1 amide bonds. The lowest BCUT2D eigenvalue weighted by Gasteiger charge is -2.21. The molecular weight excluding hydrogens is 427 g/mol. The first-order chi connectivity index (χ1) is 15.2. The highest BCUT2D eigenvalue weighted by molar-refractivity contribution is 7.89. The number of nitrogens with one attached hydrogen (secondary N) is 2. The second kappa shape index (κ2) is 10.1. The average molecular weight is 455 g/mol. The third-order valence-electron chi connectivity index (χ3n) is 5.15. The normalized spacial score (nSPS) is 12.4. The SMILES string of the molecule is Cc1cc(C)c(S(=O)(=O)N[C@@H](Cc2ccccc2)C(=O)NCc2ccc(F)cc2)c(C)c1. The van der Waals surface area contributed by atoms with Gasteiger partial charge in [-0.1, -0.05) is 60.2 Å². The van der Waals surface area contributed by atoms with Gasteiger partial charge in [-0.2, -0.15) is 4.72 Å². The van der Waals surface area contributed by atoms with Crippen LogP contribution in [0.15, 0.2) is 71.6 Å². The second-order valence-corrected chi connectivity index (χ2v) is 9.59. The van der Waals surface area contributed by atoms with Crippen molar-refractivity contribution in [2.45, 2.75) is 44.7 Å². The molecule has 32 heavy (non-hydrogen) atoms. The van der Waals surface area contributed by atoms with Crippen molar-refractivity contribution < 1.29 is 17.6 Å². The Labute approximate surface area is 188 Å². The Bertz CT molecular complexity index is 1170. The highest BCUT2D eigenvalue weighted by atomic mass is 32.2. The van der Waals surface area contributed by atoms with E-state index >= 15 is 0 Å². The molecule has 3 aromatic carbocycles. The van der Waals surface area contributed by atoms with Crippen molar-refractivity contribution in [1.82, 2.24) is 10.0 Å². The minimum atomic E-state index is -3.95. The quantitative estimate of drug-likeness (QED) is 0.541. The van der Waals surface area contributed by atoms with Crippen molar-refractivity contribution in [3.05, 3.63) is 100 Å². The number of halogens is 1. The van der Waals surface area contributed by atoms with Gasteiger partial charge in [0, 0.05) is 6.54 Å². The zero-order valence-electron chi connectivity index (χ0n) is 18.4. The molecule has 0 saturated carbocycles. The van der Waals surface area contributed by atoms with E-state index in [1.54, 1.807) is 26.0 Å². The lowest BCUT2D eigenvalue weighted by atomic mass is 10.1. The van der Waals surface area contributed by atoms with Gasteiger partial charge in [0.2, 0.25) is 15.9 Å². The first kappa shape index (κ1) is 23.6. The highest BCUT2D eigenvalue weighted by Gasteiger charge is 2.28. The number of carbonyl (C=O) groups is 1.